The number of aryl methyl sites for hydroxylation is 1. The van der Waals surface area contributed by atoms with Crippen molar-refractivity contribution in [2.45, 2.75) is 57.1 Å². The zero-order valence-electron chi connectivity index (χ0n) is 15.5. The third-order valence-corrected chi connectivity index (χ3v) is 6.17. The van der Waals surface area contributed by atoms with E-state index < -0.39 is 5.60 Å². The van der Waals surface area contributed by atoms with Gasteiger partial charge in [-0.2, -0.15) is 0 Å². The van der Waals surface area contributed by atoms with Crippen molar-refractivity contribution in [1.29, 1.82) is 0 Å². The molecule has 2 atom stereocenters. The number of fused-ring (bicyclic) bond motifs is 2. The lowest BCUT2D eigenvalue weighted by molar-refractivity contribution is -0.143. The summed E-state index contributed by atoms with van der Waals surface area (Å²) < 4.78 is 1.34. The number of rotatable bonds is 4. The number of hydrogen-bond acceptors (Lipinski definition) is 5. The first-order valence-electron chi connectivity index (χ1n) is 9.89. The number of hydrogen-bond donors (Lipinski definition) is 1. The van der Waals surface area contributed by atoms with Gasteiger partial charge in [-0.3, -0.25) is 9.59 Å². The van der Waals surface area contributed by atoms with Gasteiger partial charge in [-0.05, 0) is 37.8 Å². The Labute approximate surface area is 158 Å². The molecule has 1 saturated heterocycles. The molecule has 144 valence electrons. The van der Waals surface area contributed by atoms with Crippen LogP contribution >= 0.6 is 0 Å². The molecule has 1 aromatic heterocycles. The highest BCUT2D eigenvalue weighted by Gasteiger charge is 2.43. The molecule has 2 fully saturated rings. The zero-order chi connectivity index (χ0) is 18.9. The van der Waals surface area contributed by atoms with Gasteiger partial charge in [0.05, 0.1) is 11.0 Å². The molecule has 0 unspecified atom stereocenters. The molecule has 1 N–H and O–H groups in total. The van der Waals surface area contributed by atoms with Crippen LogP contribution in [0.1, 0.15) is 44.9 Å². The second kappa shape index (κ2) is 7.38. The Morgan fingerprint density at radius 2 is 2.11 bits per heavy atom. The van der Waals surface area contributed by atoms with Crippen LogP contribution in [-0.2, 0) is 11.3 Å². The molecule has 1 aromatic carbocycles. The number of aromatic nitrogens is 3. The van der Waals surface area contributed by atoms with Gasteiger partial charge < -0.3 is 10.0 Å². The summed E-state index contributed by atoms with van der Waals surface area (Å²) in [4.78, 5) is 26.9. The van der Waals surface area contributed by atoms with E-state index in [1.54, 1.807) is 12.1 Å². The van der Waals surface area contributed by atoms with Gasteiger partial charge in [-0.1, -0.05) is 30.2 Å². The number of carbonyl (C=O) groups excluding carboxylic acids is 1. The Kier molecular flexibility index (Phi) is 4.95. The van der Waals surface area contributed by atoms with Crippen LogP contribution in [0.5, 0.6) is 0 Å². The Morgan fingerprint density at radius 3 is 3.00 bits per heavy atom. The highest BCUT2D eigenvalue weighted by Crippen LogP contribution is 2.39. The molecular formula is C20H26N4O3. The van der Waals surface area contributed by atoms with Gasteiger partial charge in [-0.25, -0.2) is 4.68 Å². The Hall–Kier alpha value is -2.28. The molecule has 1 aliphatic carbocycles. The quantitative estimate of drug-likeness (QED) is 0.885. The van der Waals surface area contributed by atoms with Gasteiger partial charge in [0.25, 0.3) is 5.56 Å². The van der Waals surface area contributed by atoms with E-state index in [4.69, 9.17) is 0 Å². The van der Waals surface area contributed by atoms with Crippen molar-refractivity contribution < 1.29 is 9.90 Å². The third-order valence-electron chi connectivity index (χ3n) is 6.17. The van der Waals surface area contributed by atoms with E-state index in [2.05, 4.69) is 10.3 Å². The maximum Gasteiger partial charge on any atom is 0.277 e. The molecule has 7 nitrogen and oxygen atoms in total. The minimum absolute atomic E-state index is 0.101. The maximum absolute atomic E-state index is 12.6. The van der Waals surface area contributed by atoms with Crippen molar-refractivity contribution in [1.82, 2.24) is 19.9 Å². The first-order chi connectivity index (χ1) is 13.1. The fourth-order valence-corrected chi connectivity index (χ4v) is 4.51. The van der Waals surface area contributed by atoms with E-state index in [0.717, 1.165) is 25.7 Å². The molecule has 4 rings (SSSR count). The van der Waals surface area contributed by atoms with Crippen molar-refractivity contribution in [2.75, 3.05) is 13.1 Å². The normalized spacial score (nSPS) is 25.4. The largest absolute Gasteiger partial charge is 0.389 e. The van der Waals surface area contributed by atoms with Crippen molar-refractivity contribution in [3.8, 4) is 0 Å². The molecule has 1 aliphatic heterocycles. The standard InChI is InChI=1S/C20H26N4O3/c25-18(23-13-11-20(27)10-4-3-6-15(20)14-23)9-5-12-24-19(26)16-7-1-2-8-17(16)21-22-24/h1-2,7-8,15,27H,3-6,9-14H2/t15-,20-/m1/s1. The Morgan fingerprint density at radius 1 is 1.26 bits per heavy atom. The van der Waals surface area contributed by atoms with Crippen LogP contribution < -0.4 is 5.56 Å². The third kappa shape index (κ3) is 3.60. The van der Waals surface area contributed by atoms with Crippen LogP contribution in [-0.4, -0.2) is 49.6 Å². The fourth-order valence-electron chi connectivity index (χ4n) is 4.51. The van der Waals surface area contributed by atoms with Crippen LogP contribution in [0.3, 0.4) is 0 Å². The van der Waals surface area contributed by atoms with E-state index in [1.807, 2.05) is 17.0 Å². The van der Waals surface area contributed by atoms with Crippen LogP contribution in [0.2, 0.25) is 0 Å². The number of piperidine rings is 1. The average Bonchev–Trinajstić information content (AvgIpc) is 2.69. The van der Waals surface area contributed by atoms with Crippen molar-refractivity contribution in [3.05, 3.63) is 34.6 Å². The SMILES string of the molecule is O=C(CCCn1nnc2ccccc2c1=O)N1CC[C@]2(O)CCCC[C@@H]2C1. The van der Waals surface area contributed by atoms with Gasteiger partial charge in [0.1, 0.15) is 5.52 Å². The monoisotopic (exact) mass is 370 g/mol. The summed E-state index contributed by atoms with van der Waals surface area (Å²) in [6, 6.07) is 7.14. The van der Waals surface area contributed by atoms with Crippen LogP contribution in [0.15, 0.2) is 29.1 Å². The zero-order valence-corrected chi connectivity index (χ0v) is 15.5. The second-order valence-electron chi connectivity index (χ2n) is 7.87. The molecule has 2 heterocycles. The Balaban J connectivity index is 1.34. The minimum atomic E-state index is -0.566. The van der Waals surface area contributed by atoms with Crippen molar-refractivity contribution >= 4 is 16.8 Å². The van der Waals surface area contributed by atoms with Gasteiger partial charge in [0, 0.05) is 32.0 Å². The molecule has 0 spiro atoms. The molecular weight excluding hydrogens is 344 g/mol. The molecule has 1 amide bonds. The summed E-state index contributed by atoms with van der Waals surface area (Å²) in [7, 11) is 0. The summed E-state index contributed by atoms with van der Waals surface area (Å²) in [6.45, 7) is 1.66. The van der Waals surface area contributed by atoms with Crippen molar-refractivity contribution in [2.24, 2.45) is 5.92 Å². The summed E-state index contributed by atoms with van der Waals surface area (Å²) in [5, 5.41) is 19.3. The van der Waals surface area contributed by atoms with Crippen molar-refractivity contribution in [3.63, 3.8) is 0 Å². The van der Waals surface area contributed by atoms with E-state index in [1.165, 1.54) is 4.68 Å². The molecule has 0 bridgehead atoms. The lowest BCUT2D eigenvalue weighted by Crippen LogP contribution is -2.54. The molecule has 0 radical (unpaired) electrons. The number of carbonyl (C=O) groups is 1. The second-order valence-corrected chi connectivity index (χ2v) is 7.87. The topological polar surface area (TPSA) is 88.3 Å². The first kappa shape index (κ1) is 18.1. The lowest BCUT2D eigenvalue weighted by atomic mass is 9.71. The molecule has 7 heteroatoms. The predicted molar refractivity (Wildman–Crippen MR) is 101 cm³/mol. The predicted octanol–water partition coefficient (Wildman–Crippen LogP) is 1.73. The molecule has 1 saturated carbocycles. The smallest absolute Gasteiger partial charge is 0.277 e. The van der Waals surface area contributed by atoms with Crippen LogP contribution in [0.4, 0.5) is 0 Å². The van der Waals surface area contributed by atoms with E-state index in [-0.39, 0.29) is 17.4 Å². The van der Waals surface area contributed by atoms with Gasteiger partial charge in [0.15, 0.2) is 0 Å². The molecule has 2 aliphatic rings. The first-order valence-corrected chi connectivity index (χ1v) is 9.89. The summed E-state index contributed by atoms with van der Waals surface area (Å²) >= 11 is 0. The highest BCUT2D eigenvalue weighted by molar-refractivity contribution is 5.77. The number of benzene rings is 1. The van der Waals surface area contributed by atoms with E-state index in [0.29, 0.717) is 49.8 Å². The number of aliphatic hydroxyl groups is 1. The summed E-state index contributed by atoms with van der Waals surface area (Å²) in [5.74, 6) is 0.308. The maximum atomic E-state index is 12.6. The molecule has 27 heavy (non-hydrogen) atoms. The summed E-state index contributed by atoms with van der Waals surface area (Å²) in [5.41, 5.74) is -0.148. The lowest BCUT2D eigenvalue weighted by Gasteiger charge is -2.47. The van der Waals surface area contributed by atoms with Gasteiger partial charge in [0.2, 0.25) is 5.91 Å². The Bertz CT molecular complexity index is 896. The number of likely N-dealkylation sites (tertiary alicyclic amines) is 1. The fraction of sp³-hybridized carbons (Fsp3) is 0.600. The highest BCUT2D eigenvalue weighted by atomic mass is 16.3. The average molecular weight is 370 g/mol. The summed E-state index contributed by atoms with van der Waals surface area (Å²) in [6.07, 6.45) is 5.70. The minimum Gasteiger partial charge on any atom is -0.389 e. The van der Waals surface area contributed by atoms with Gasteiger partial charge >= 0.3 is 0 Å². The van der Waals surface area contributed by atoms with E-state index in [9.17, 15) is 14.7 Å². The number of nitrogens with zero attached hydrogens (tertiary/aromatic N) is 4. The number of amides is 1. The molecule has 2 aromatic rings. The van der Waals surface area contributed by atoms with Crippen LogP contribution in [0, 0.1) is 5.92 Å². The van der Waals surface area contributed by atoms with Crippen LogP contribution in [0.25, 0.3) is 10.9 Å². The van der Waals surface area contributed by atoms with Gasteiger partial charge in [-0.15, -0.1) is 5.10 Å². The van der Waals surface area contributed by atoms with E-state index >= 15 is 0 Å².